The minimum Gasteiger partial charge on any atom is -0.391 e. The number of likely N-dealkylation sites (tertiary alicyclic amines) is 1. The Balaban J connectivity index is 1.78. The fourth-order valence-corrected chi connectivity index (χ4v) is 2.45. The van der Waals surface area contributed by atoms with Gasteiger partial charge < -0.3 is 15.3 Å². The third-order valence-electron chi connectivity index (χ3n) is 3.37. The van der Waals surface area contributed by atoms with Gasteiger partial charge in [0.25, 0.3) is 0 Å². The van der Waals surface area contributed by atoms with Crippen molar-refractivity contribution in [2.75, 3.05) is 26.2 Å². The second-order valence-electron chi connectivity index (χ2n) is 4.70. The van der Waals surface area contributed by atoms with Gasteiger partial charge in [-0.25, -0.2) is 0 Å². The molecule has 0 aromatic carbocycles. The van der Waals surface area contributed by atoms with E-state index in [1.807, 2.05) is 4.90 Å². The van der Waals surface area contributed by atoms with Crippen LogP contribution in [0.4, 0.5) is 0 Å². The smallest absolute Gasteiger partial charge is 0.222 e. The van der Waals surface area contributed by atoms with Crippen LogP contribution in [0.5, 0.6) is 0 Å². The molecular weight excluding hydrogens is 192 g/mol. The van der Waals surface area contributed by atoms with Crippen molar-refractivity contribution in [2.45, 2.75) is 31.8 Å². The van der Waals surface area contributed by atoms with E-state index in [1.54, 1.807) is 0 Å². The summed E-state index contributed by atoms with van der Waals surface area (Å²) in [6, 6.07) is 0. The Bertz CT molecular complexity index is 227. The summed E-state index contributed by atoms with van der Waals surface area (Å²) in [5.41, 5.74) is 0. The van der Waals surface area contributed by atoms with E-state index >= 15 is 0 Å². The van der Waals surface area contributed by atoms with Crippen molar-refractivity contribution in [2.24, 2.45) is 5.92 Å². The molecule has 0 aromatic rings. The maximum absolute atomic E-state index is 11.9. The molecule has 1 unspecified atom stereocenters. The number of hydrogen-bond donors (Lipinski definition) is 2. The molecule has 2 heterocycles. The number of amides is 1. The number of aliphatic hydroxyl groups is 1. The van der Waals surface area contributed by atoms with E-state index in [1.165, 1.54) is 0 Å². The highest BCUT2D eigenvalue weighted by Crippen LogP contribution is 2.16. The van der Waals surface area contributed by atoms with Gasteiger partial charge in [0.2, 0.25) is 5.91 Å². The highest BCUT2D eigenvalue weighted by Gasteiger charge is 2.25. The number of rotatable bonds is 2. The summed E-state index contributed by atoms with van der Waals surface area (Å²) < 4.78 is 0. The second-order valence-corrected chi connectivity index (χ2v) is 4.70. The van der Waals surface area contributed by atoms with Gasteiger partial charge in [0, 0.05) is 19.5 Å². The summed E-state index contributed by atoms with van der Waals surface area (Å²) in [5, 5.41) is 12.8. The summed E-state index contributed by atoms with van der Waals surface area (Å²) in [6.45, 7) is 3.39. The maximum atomic E-state index is 11.9. The monoisotopic (exact) mass is 212 g/mol. The number of β-amino-alcohol motifs (C(OH)–C–C–N with tert-alkyl or cyclic N) is 1. The minimum absolute atomic E-state index is 0.224. The molecule has 2 N–H and O–H groups in total. The van der Waals surface area contributed by atoms with Crippen LogP contribution in [-0.4, -0.2) is 48.2 Å². The molecule has 0 aliphatic carbocycles. The number of nitrogens with zero attached hydrogens (tertiary/aromatic N) is 1. The van der Waals surface area contributed by atoms with Crippen LogP contribution in [0.1, 0.15) is 25.7 Å². The van der Waals surface area contributed by atoms with Gasteiger partial charge in [0.1, 0.15) is 0 Å². The normalized spacial score (nSPS) is 31.9. The van der Waals surface area contributed by atoms with Crippen molar-refractivity contribution in [3.63, 3.8) is 0 Å². The SMILES string of the molecule is O=C(CC1CCNC1)N1CCC[C@H](O)C1. The van der Waals surface area contributed by atoms with Gasteiger partial charge in [-0.15, -0.1) is 0 Å². The molecule has 0 saturated carbocycles. The number of piperidine rings is 1. The predicted molar refractivity (Wildman–Crippen MR) is 57.4 cm³/mol. The van der Waals surface area contributed by atoms with Crippen LogP contribution >= 0.6 is 0 Å². The molecular formula is C11H20N2O2. The zero-order valence-corrected chi connectivity index (χ0v) is 9.11. The molecule has 0 bridgehead atoms. The molecule has 0 aromatic heterocycles. The molecule has 2 aliphatic rings. The van der Waals surface area contributed by atoms with E-state index in [9.17, 15) is 9.90 Å². The molecule has 15 heavy (non-hydrogen) atoms. The fraction of sp³-hybridized carbons (Fsp3) is 0.909. The van der Waals surface area contributed by atoms with Gasteiger partial charge in [-0.1, -0.05) is 0 Å². The quantitative estimate of drug-likeness (QED) is 0.676. The lowest BCUT2D eigenvalue weighted by molar-refractivity contribution is -0.135. The lowest BCUT2D eigenvalue weighted by Crippen LogP contribution is -2.42. The number of aliphatic hydroxyl groups excluding tert-OH is 1. The van der Waals surface area contributed by atoms with Gasteiger partial charge in [0.05, 0.1) is 6.10 Å². The van der Waals surface area contributed by atoms with Crippen LogP contribution in [0.15, 0.2) is 0 Å². The first-order chi connectivity index (χ1) is 7.25. The largest absolute Gasteiger partial charge is 0.391 e. The zero-order chi connectivity index (χ0) is 10.7. The Kier molecular flexibility index (Phi) is 3.59. The first-order valence-corrected chi connectivity index (χ1v) is 5.92. The molecule has 2 rings (SSSR count). The van der Waals surface area contributed by atoms with Gasteiger partial charge in [-0.2, -0.15) is 0 Å². The molecule has 2 atom stereocenters. The molecule has 0 radical (unpaired) electrons. The van der Waals surface area contributed by atoms with Crippen LogP contribution in [-0.2, 0) is 4.79 Å². The van der Waals surface area contributed by atoms with Crippen LogP contribution in [0.25, 0.3) is 0 Å². The van der Waals surface area contributed by atoms with E-state index in [2.05, 4.69) is 5.32 Å². The molecule has 2 saturated heterocycles. The minimum atomic E-state index is -0.301. The molecule has 4 nitrogen and oxygen atoms in total. The summed E-state index contributed by atoms with van der Waals surface area (Å²) in [7, 11) is 0. The molecule has 2 fully saturated rings. The van der Waals surface area contributed by atoms with Crippen molar-refractivity contribution in [1.29, 1.82) is 0 Å². The Labute approximate surface area is 90.6 Å². The van der Waals surface area contributed by atoms with Crippen LogP contribution < -0.4 is 5.32 Å². The average Bonchev–Trinajstić information content (AvgIpc) is 2.70. The topological polar surface area (TPSA) is 52.6 Å². The second kappa shape index (κ2) is 4.94. The first kappa shape index (κ1) is 10.9. The molecule has 0 spiro atoms. The highest BCUT2D eigenvalue weighted by molar-refractivity contribution is 5.76. The summed E-state index contributed by atoms with van der Waals surface area (Å²) in [4.78, 5) is 13.7. The highest BCUT2D eigenvalue weighted by atomic mass is 16.3. The van der Waals surface area contributed by atoms with E-state index < -0.39 is 0 Å². The summed E-state index contributed by atoms with van der Waals surface area (Å²) in [6.07, 6.45) is 3.25. The molecule has 2 aliphatic heterocycles. The predicted octanol–water partition coefficient (Wildman–Crippen LogP) is -0.0307. The molecule has 4 heteroatoms. The van der Waals surface area contributed by atoms with Crippen molar-refractivity contribution < 1.29 is 9.90 Å². The van der Waals surface area contributed by atoms with Gasteiger partial charge in [-0.05, 0) is 38.3 Å². The third kappa shape index (κ3) is 2.92. The number of carbonyl (C=O) groups is 1. The van der Waals surface area contributed by atoms with E-state index in [4.69, 9.17) is 0 Å². The van der Waals surface area contributed by atoms with E-state index in [0.717, 1.165) is 38.9 Å². The number of carbonyl (C=O) groups excluding carboxylic acids is 1. The molecule has 1 amide bonds. The van der Waals surface area contributed by atoms with Gasteiger partial charge in [-0.3, -0.25) is 4.79 Å². The lowest BCUT2D eigenvalue weighted by atomic mass is 10.0. The van der Waals surface area contributed by atoms with Crippen LogP contribution in [0.2, 0.25) is 0 Å². The Morgan fingerprint density at radius 1 is 1.47 bits per heavy atom. The number of nitrogens with one attached hydrogen (secondary N) is 1. The Morgan fingerprint density at radius 3 is 3.00 bits per heavy atom. The summed E-state index contributed by atoms with van der Waals surface area (Å²) >= 11 is 0. The van der Waals surface area contributed by atoms with Crippen molar-refractivity contribution in [1.82, 2.24) is 10.2 Å². The van der Waals surface area contributed by atoms with Crippen molar-refractivity contribution in [3.8, 4) is 0 Å². The first-order valence-electron chi connectivity index (χ1n) is 5.92. The molecule has 86 valence electrons. The zero-order valence-electron chi connectivity index (χ0n) is 9.11. The van der Waals surface area contributed by atoms with E-state index in [-0.39, 0.29) is 12.0 Å². The lowest BCUT2D eigenvalue weighted by Gasteiger charge is -2.30. The Hall–Kier alpha value is -0.610. The van der Waals surface area contributed by atoms with Crippen molar-refractivity contribution in [3.05, 3.63) is 0 Å². The Morgan fingerprint density at radius 2 is 2.33 bits per heavy atom. The number of hydrogen-bond acceptors (Lipinski definition) is 3. The average molecular weight is 212 g/mol. The van der Waals surface area contributed by atoms with Crippen LogP contribution in [0.3, 0.4) is 0 Å². The standard InChI is InChI=1S/C11H20N2O2/c14-10-2-1-5-13(8-10)11(15)6-9-3-4-12-7-9/h9-10,12,14H,1-8H2/t9?,10-/m0/s1. The maximum Gasteiger partial charge on any atom is 0.222 e. The third-order valence-corrected chi connectivity index (χ3v) is 3.37. The van der Waals surface area contributed by atoms with Gasteiger partial charge in [0.15, 0.2) is 0 Å². The van der Waals surface area contributed by atoms with Gasteiger partial charge >= 0.3 is 0 Å². The van der Waals surface area contributed by atoms with Crippen LogP contribution in [0, 0.1) is 5.92 Å². The van der Waals surface area contributed by atoms with E-state index in [0.29, 0.717) is 18.9 Å². The van der Waals surface area contributed by atoms with Crippen molar-refractivity contribution >= 4 is 5.91 Å². The fourth-order valence-electron chi connectivity index (χ4n) is 2.45. The summed E-state index contributed by atoms with van der Waals surface area (Å²) in [5.74, 6) is 0.735.